The topological polar surface area (TPSA) is 74.3 Å². The van der Waals surface area contributed by atoms with Crippen molar-refractivity contribution >= 4 is 28.0 Å². The van der Waals surface area contributed by atoms with E-state index in [1.807, 2.05) is 26.8 Å². The van der Waals surface area contributed by atoms with Gasteiger partial charge in [-0.1, -0.05) is 0 Å². The molecule has 1 aromatic carbocycles. The third-order valence-electron chi connectivity index (χ3n) is 6.91. The number of rotatable bonds is 6. The predicted molar refractivity (Wildman–Crippen MR) is 131 cm³/mol. The van der Waals surface area contributed by atoms with Crippen molar-refractivity contribution in [3.63, 3.8) is 0 Å². The van der Waals surface area contributed by atoms with Crippen LogP contribution in [0.5, 0.6) is 5.75 Å². The molecule has 3 aliphatic rings. The van der Waals surface area contributed by atoms with E-state index in [2.05, 4.69) is 15.9 Å². The molecule has 2 bridgehead atoms. The number of hydrogen-bond donors (Lipinski definition) is 0. The lowest BCUT2D eigenvalue weighted by Crippen LogP contribution is -2.44. The zero-order valence-corrected chi connectivity index (χ0v) is 22.1. The van der Waals surface area contributed by atoms with E-state index >= 15 is 0 Å². The second kappa shape index (κ2) is 10.4. The summed E-state index contributed by atoms with van der Waals surface area (Å²) in [4.78, 5) is 26.0. The van der Waals surface area contributed by atoms with Crippen molar-refractivity contribution in [2.75, 3.05) is 19.7 Å². The van der Waals surface area contributed by atoms with Gasteiger partial charge in [0.05, 0.1) is 28.9 Å². The van der Waals surface area contributed by atoms with E-state index in [1.54, 1.807) is 24.0 Å². The SMILES string of the molecule is CCOC(=O)c1ccc(OC2CC3CC2CC3OC2CCN(C(=O)OC(C)(C)C)CC2)c(Br)c1. The Labute approximate surface area is 210 Å². The van der Waals surface area contributed by atoms with Gasteiger partial charge in [-0.25, -0.2) is 9.59 Å². The Kier molecular flexibility index (Phi) is 7.77. The van der Waals surface area contributed by atoms with Crippen LogP contribution in [0.4, 0.5) is 4.79 Å². The molecule has 34 heavy (non-hydrogen) atoms. The zero-order chi connectivity index (χ0) is 24.5. The largest absolute Gasteiger partial charge is 0.489 e. The third-order valence-corrected chi connectivity index (χ3v) is 7.53. The Bertz CT molecular complexity index is 892. The fraction of sp³-hybridized carbons (Fsp3) is 0.692. The first kappa shape index (κ1) is 25.3. The number of ether oxygens (including phenoxy) is 4. The normalized spacial score (nSPS) is 27.0. The van der Waals surface area contributed by atoms with E-state index < -0.39 is 5.60 Å². The van der Waals surface area contributed by atoms with Gasteiger partial charge in [-0.15, -0.1) is 0 Å². The minimum absolute atomic E-state index is 0.170. The number of piperidine rings is 1. The molecule has 4 unspecified atom stereocenters. The minimum atomic E-state index is -0.468. The summed E-state index contributed by atoms with van der Waals surface area (Å²) in [5.74, 6) is 1.43. The highest BCUT2D eigenvalue weighted by atomic mass is 79.9. The van der Waals surface area contributed by atoms with E-state index in [0.717, 1.165) is 42.3 Å². The van der Waals surface area contributed by atoms with Gasteiger partial charge in [-0.05, 0) is 106 Å². The minimum Gasteiger partial charge on any atom is -0.489 e. The van der Waals surface area contributed by atoms with Crippen LogP contribution in [0, 0.1) is 11.8 Å². The van der Waals surface area contributed by atoms with Crippen LogP contribution in [0.1, 0.15) is 70.2 Å². The van der Waals surface area contributed by atoms with Crippen molar-refractivity contribution < 1.29 is 28.5 Å². The van der Waals surface area contributed by atoms with Gasteiger partial charge < -0.3 is 23.8 Å². The number of hydrogen-bond acceptors (Lipinski definition) is 6. The summed E-state index contributed by atoms with van der Waals surface area (Å²) in [5, 5.41) is 0. The highest BCUT2D eigenvalue weighted by Gasteiger charge is 2.48. The zero-order valence-electron chi connectivity index (χ0n) is 20.6. The Morgan fingerprint density at radius 2 is 1.74 bits per heavy atom. The van der Waals surface area contributed by atoms with Crippen molar-refractivity contribution in [2.45, 2.75) is 83.7 Å². The van der Waals surface area contributed by atoms with Gasteiger partial charge in [0.15, 0.2) is 0 Å². The quantitative estimate of drug-likeness (QED) is 0.440. The molecule has 7 nitrogen and oxygen atoms in total. The van der Waals surface area contributed by atoms with Crippen molar-refractivity contribution in [1.29, 1.82) is 0 Å². The Morgan fingerprint density at radius 1 is 1.06 bits per heavy atom. The van der Waals surface area contributed by atoms with Gasteiger partial charge in [-0.2, -0.15) is 0 Å². The molecule has 0 aromatic heterocycles. The van der Waals surface area contributed by atoms with E-state index in [-0.39, 0.29) is 30.4 Å². The lowest BCUT2D eigenvalue weighted by atomic mass is 9.94. The highest BCUT2D eigenvalue weighted by molar-refractivity contribution is 9.10. The summed E-state index contributed by atoms with van der Waals surface area (Å²) in [7, 11) is 0. The molecule has 1 heterocycles. The fourth-order valence-corrected chi connectivity index (χ4v) is 5.80. The fourth-order valence-electron chi connectivity index (χ4n) is 5.33. The van der Waals surface area contributed by atoms with E-state index in [9.17, 15) is 9.59 Å². The number of likely N-dealkylation sites (tertiary alicyclic amines) is 1. The molecule has 1 saturated heterocycles. The van der Waals surface area contributed by atoms with Crippen molar-refractivity contribution in [2.24, 2.45) is 11.8 Å². The van der Waals surface area contributed by atoms with E-state index in [1.165, 1.54) is 0 Å². The van der Waals surface area contributed by atoms with Crippen LogP contribution in [0.25, 0.3) is 0 Å². The number of halogens is 1. The van der Waals surface area contributed by atoms with Crippen LogP contribution in [-0.2, 0) is 14.2 Å². The first-order valence-electron chi connectivity index (χ1n) is 12.4. The van der Waals surface area contributed by atoms with Crippen LogP contribution in [0.3, 0.4) is 0 Å². The molecule has 1 amide bonds. The average molecular weight is 538 g/mol. The first-order chi connectivity index (χ1) is 16.1. The molecule has 1 aromatic rings. The number of carbonyl (C=O) groups is 2. The Balaban J connectivity index is 1.23. The smallest absolute Gasteiger partial charge is 0.410 e. The summed E-state index contributed by atoms with van der Waals surface area (Å²) in [6.07, 6.45) is 5.25. The first-order valence-corrected chi connectivity index (χ1v) is 13.2. The van der Waals surface area contributed by atoms with E-state index in [4.69, 9.17) is 18.9 Å². The predicted octanol–water partition coefficient (Wildman–Crippen LogP) is 5.59. The summed E-state index contributed by atoms with van der Waals surface area (Å²) >= 11 is 3.54. The lowest BCUT2D eigenvalue weighted by molar-refractivity contribution is -0.0738. The average Bonchev–Trinajstić information content (AvgIpc) is 3.34. The van der Waals surface area contributed by atoms with Gasteiger partial charge in [0.1, 0.15) is 17.5 Å². The number of esters is 1. The van der Waals surface area contributed by atoms with Crippen LogP contribution in [0.15, 0.2) is 22.7 Å². The van der Waals surface area contributed by atoms with Crippen LogP contribution >= 0.6 is 15.9 Å². The maximum absolute atomic E-state index is 12.3. The third kappa shape index (κ3) is 6.06. The molecule has 0 spiro atoms. The van der Waals surface area contributed by atoms with Gasteiger partial charge in [0.25, 0.3) is 0 Å². The van der Waals surface area contributed by atoms with Crippen LogP contribution in [-0.4, -0.2) is 60.6 Å². The van der Waals surface area contributed by atoms with Gasteiger partial charge in [0.2, 0.25) is 0 Å². The van der Waals surface area contributed by atoms with Gasteiger partial charge in [-0.3, -0.25) is 0 Å². The van der Waals surface area contributed by atoms with Crippen molar-refractivity contribution in [1.82, 2.24) is 4.90 Å². The molecule has 1 aliphatic heterocycles. The molecule has 4 rings (SSSR count). The second-order valence-corrected chi connectivity index (χ2v) is 11.4. The monoisotopic (exact) mass is 537 g/mol. The standard InChI is InChI=1S/C26H36BrNO6/c1-5-31-24(29)16-6-7-21(20(27)13-16)33-23-15-17-12-18(23)14-22(17)32-19-8-10-28(11-9-19)25(30)34-26(2,3)4/h6-7,13,17-19,22-23H,5,8-12,14-15H2,1-4H3. The van der Waals surface area contributed by atoms with Crippen LogP contribution in [0.2, 0.25) is 0 Å². The molecule has 0 N–H and O–H groups in total. The molecular weight excluding hydrogens is 502 g/mol. The number of fused-ring (bicyclic) bond motifs is 2. The molecule has 188 valence electrons. The molecule has 2 saturated carbocycles. The Hall–Kier alpha value is -1.80. The van der Waals surface area contributed by atoms with Gasteiger partial charge >= 0.3 is 12.1 Å². The summed E-state index contributed by atoms with van der Waals surface area (Å²) in [5.41, 5.74) is 0.0465. The highest BCUT2D eigenvalue weighted by Crippen LogP contribution is 2.48. The molecule has 2 aliphatic carbocycles. The lowest BCUT2D eigenvalue weighted by Gasteiger charge is -2.36. The van der Waals surface area contributed by atoms with Crippen LogP contribution < -0.4 is 4.74 Å². The molecule has 8 heteroatoms. The summed E-state index contributed by atoms with van der Waals surface area (Å²) in [6.45, 7) is 9.19. The van der Waals surface area contributed by atoms with E-state index in [0.29, 0.717) is 37.1 Å². The molecule has 0 radical (unpaired) electrons. The molecule has 4 atom stereocenters. The maximum Gasteiger partial charge on any atom is 0.410 e. The van der Waals surface area contributed by atoms with Crippen molar-refractivity contribution in [3.05, 3.63) is 28.2 Å². The molecular formula is C26H36BrNO6. The summed E-state index contributed by atoms with van der Waals surface area (Å²) < 4.78 is 24.2. The summed E-state index contributed by atoms with van der Waals surface area (Å²) in [6, 6.07) is 5.35. The Morgan fingerprint density at radius 3 is 2.32 bits per heavy atom. The molecule has 3 fully saturated rings. The van der Waals surface area contributed by atoms with Crippen molar-refractivity contribution in [3.8, 4) is 5.75 Å². The van der Waals surface area contributed by atoms with Gasteiger partial charge in [0, 0.05) is 13.1 Å². The number of amides is 1. The number of carbonyl (C=O) groups excluding carboxylic acids is 2. The second-order valence-electron chi connectivity index (χ2n) is 10.6. The number of nitrogens with zero attached hydrogens (tertiary/aromatic N) is 1. The maximum atomic E-state index is 12.3. The number of benzene rings is 1.